The molecule has 1 aromatic carbocycles. The number of nitrogens with one attached hydrogen (secondary N) is 2. The fraction of sp³-hybridized carbons (Fsp3) is 0.583. The van der Waals surface area contributed by atoms with Gasteiger partial charge in [0.05, 0.1) is 22.8 Å². The van der Waals surface area contributed by atoms with E-state index in [1.165, 1.54) is 19.3 Å². The van der Waals surface area contributed by atoms with Gasteiger partial charge in [-0.1, -0.05) is 30.9 Å². The van der Waals surface area contributed by atoms with Crippen molar-refractivity contribution < 1.29 is 9.90 Å². The van der Waals surface area contributed by atoms with Crippen LogP contribution in [0.25, 0.3) is 10.9 Å². The Labute approximate surface area is 189 Å². The molecule has 2 fully saturated rings. The zero-order valence-corrected chi connectivity index (χ0v) is 18.8. The number of carbonyl (C=O) groups excluding carboxylic acids is 1. The molecule has 3 N–H and O–H groups in total. The van der Waals surface area contributed by atoms with Gasteiger partial charge in [0, 0.05) is 37.5 Å². The number of nitrogens with zero attached hydrogens (tertiary/aromatic N) is 2. The molecule has 31 heavy (non-hydrogen) atoms. The zero-order valence-electron chi connectivity index (χ0n) is 18.1. The Morgan fingerprint density at radius 3 is 2.77 bits per heavy atom. The van der Waals surface area contributed by atoms with Crippen molar-refractivity contribution in [3.8, 4) is 0 Å². The van der Waals surface area contributed by atoms with E-state index < -0.39 is 0 Å². The molecule has 6 nitrogen and oxygen atoms in total. The Morgan fingerprint density at radius 2 is 1.97 bits per heavy atom. The van der Waals surface area contributed by atoms with Crippen molar-refractivity contribution in [2.75, 3.05) is 36.5 Å². The minimum atomic E-state index is 0.0409. The van der Waals surface area contributed by atoms with E-state index in [-0.39, 0.29) is 12.5 Å². The summed E-state index contributed by atoms with van der Waals surface area (Å²) < 4.78 is 0. The molecular weight excluding hydrogens is 412 g/mol. The normalized spacial score (nSPS) is 20.2. The maximum absolute atomic E-state index is 12.7. The third-order valence-electron chi connectivity index (χ3n) is 6.56. The Balaban J connectivity index is 1.49. The molecule has 0 unspecified atom stereocenters. The first-order chi connectivity index (χ1) is 15.1. The Hall–Kier alpha value is -1.89. The number of aliphatic hydroxyl groups excluding tert-OH is 1. The summed E-state index contributed by atoms with van der Waals surface area (Å²) in [5.41, 5.74) is 1.50. The summed E-state index contributed by atoms with van der Waals surface area (Å²) in [6.45, 7) is 2.61. The topological polar surface area (TPSA) is 77.5 Å². The number of benzene rings is 1. The molecule has 0 bridgehead atoms. The standard InChI is InChI=1S/C24H33ClN4O2/c25-20-9-10-21-19(24(20)28-23(31)15-17-5-2-1-3-6-17)8-11-22(27-21)29-13-4-7-18(16-29)26-12-14-30/h8-11,17-18,26,30H,1-7,12-16H2,(H,28,31)/t18-/m0/s1. The molecule has 1 saturated heterocycles. The number of amides is 1. The Kier molecular flexibility index (Phi) is 7.64. The summed E-state index contributed by atoms with van der Waals surface area (Å²) in [5, 5.41) is 17.0. The highest BCUT2D eigenvalue weighted by Gasteiger charge is 2.22. The lowest BCUT2D eigenvalue weighted by Crippen LogP contribution is -2.46. The van der Waals surface area contributed by atoms with Crippen LogP contribution in [0.5, 0.6) is 0 Å². The molecule has 2 aliphatic rings. The highest BCUT2D eigenvalue weighted by atomic mass is 35.5. The van der Waals surface area contributed by atoms with Crippen molar-refractivity contribution in [3.05, 3.63) is 29.3 Å². The van der Waals surface area contributed by atoms with Crippen molar-refractivity contribution in [3.63, 3.8) is 0 Å². The minimum Gasteiger partial charge on any atom is -0.395 e. The van der Waals surface area contributed by atoms with Gasteiger partial charge < -0.3 is 20.6 Å². The first kappa shape index (κ1) is 22.3. The summed E-state index contributed by atoms with van der Waals surface area (Å²) >= 11 is 6.46. The molecule has 7 heteroatoms. The van der Waals surface area contributed by atoms with E-state index in [4.69, 9.17) is 21.7 Å². The zero-order chi connectivity index (χ0) is 21.6. The average molecular weight is 445 g/mol. The van der Waals surface area contributed by atoms with Crippen molar-refractivity contribution in [1.82, 2.24) is 10.3 Å². The molecular formula is C24H33ClN4O2. The largest absolute Gasteiger partial charge is 0.395 e. The van der Waals surface area contributed by atoms with Crippen LogP contribution in [-0.4, -0.2) is 48.3 Å². The van der Waals surface area contributed by atoms with Gasteiger partial charge in [-0.15, -0.1) is 0 Å². The van der Waals surface area contributed by atoms with Crippen molar-refractivity contribution in [1.29, 1.82) is 0 Å². The lowest BCUT2D eigenvalue weighted by atomic mass is 9.87. The molecule has 2 aromatic rings. The second-order valence-electron chi connectivity index (χ2n) is 8.88. The molecule has 4 rings (SSSR count). The van der Waals surface area contributed by atoms with Crippen LogP contribution in [0.2, 0.25) is 5.02 Å². The SMILES string of the molecule is O=C(CC1CCCCC1)Nc1c(Cl)ccc2nc(N3CCC[C@H](NCCO)C3)ccc12. The third-order valence-corrected chi connectivity index (χ3v) is 6.87. The van der Waals surface area contributed by atoms with Gasteiger partial charge in [0.15, 0.2) is 0 Å². The van der Waals surface area contributed by atoms with E-state index in [2.05, 4.69) is 15.5 Å². The van der Waals surface area contributed by atoms with E-state index in [1.54, 1.807) is 0 Å². The highest BCUT2D eigenvalue weighted by molar-refractivity contribution is 6.35. The van der Waals surface area contributed by atoms with Gasteiger partial charge in [-0.3, -0.25) is 4.79 Å². The average Bonchev–Trinajstić information content (AvgIpc) is 2.80. The quantitative estimate of drug-likeness (QED) is 0.591. The van der Waals surface area contributed by atoms with Crippen LogP contribution in [0.15, 0.2) is 24.3 Å². The number of pyridine rings is 1. The number of anilines is 2. The van der Waals surface area contributed by atoms with Crippen LogP contribution in [0.3, 0.4) is 0 Å². The van der Waals surface area contributed by atoms with Gasteiger partial charge >= 0.3 is 0 Å². The fourth-order valence-electron chi connectivity index (χ4n) is 4.93. The summed E-state index contributed by atoms with van der Waals surface area (Å²) in [4.78, 5) is 19.9. The molecule has 0 spiro atoms. The van der Waals surface area contributed by atoms with Gasteiger partial charge in [0.1, 0.15) is 5.82 Å². The van der Waals surface area contributed by atoms with Gasteiger partial charge in [0.25, 0.3) is 0 Å². The first-order valence-electron chi connectivity index (χ1n) is 11.6. The van der Waals surface area contributed by atoms with E-state index >= 15 is 0 Å². The summed E-state index contributed by atoms with van der Waals surface area (Å²) in [6.07, 6.45) is 8.80. The monoisotopic (exact) mass is 444 g/mol. The van der Waals surface area contributed by atoms with Crippen molar-refractivity contribution in [2.24, 2.45) is 5.92 Å². The molecule has 0 radical (unpaired) electrons. The lowest BCUT2D eigenvalue weighted by molar-refractivity contribution is -0.117. The molecule has 2 heterocycles. The Morgan fingerprint density at radius 1 is 1.13 bits per heavy atom. The number of hydrogen-bond acceptors (Lipinski definition) is 5. The van der Waals surface area contributed by atoms with Crippen LogP contribution in [0.1, 0.15) is 51.4 Å². The number of aromatic nitrogens is 1. The minimum absolute atomic E-state index is 0.0409. The van der Waals surface area contributed by atoms with Crippen LogP contribution in [0, 0.1) is 5.92 Å². The molecule has 1 atom stereocenters. The molecule has 1 aliphatic heterocycles. The van der Waals surface area contributed by atoms with E-state index in [0.717, 1.165) is 55.5 Å². The van der Waals surface area contributed by atoms with Gasteiger partial charge in [-0.05, 0) is 55.9 Å². The summed E-state index contributed by atoms with van der Waals surface area (Å²) in [6, 6.07) is 8.13. The van der Waals surface area contributed by atoms with Crippen LogP contribution in [-0.2, 0) is 4.79 Å². The number of aliphatic hydroxyl groups is 1. The highest BCUT2D eigenvalue weighted by Crippen LogP contribution is 2.33. The number of piperidine rings is 1. The predicted molar refractivity (Wildman–Crippen MR) is 127 cm³/mol. The van der Waals surface area contributed by atoms with Crippen LogP contribution in [0.4, 0.5) is 11.5 Å². The lowest BCUT2D eigenvalue weighted by Gasteiger charge is -2.34. The van der Waals surface area contributed by atoms with Crippen molar-refractivity contribution in [2.45, 2.75) is 57.4 Å². The predicted octanol–water partition coefficient (Wildman–Crippen LogP) is 4.35. The van der Waals surface area contributed by atoms with Gasteiger partial charge in [0.2, 0.25) is 5.91 Å². The van der Waals surface area contributed by atoms with Gasteiger partial charge in [-0.25, -0.2) is 4.98 Å². The summed E-state index contributed by atoms with van der Waals surface area (Å²) in [7, 11) is 0. The van der Waals surface area contributed by atoms with E-state index in [1.807, 2.05) is 24.3 Å². The maximum atomic E-state index is 12.7. The Bertz CT molecular complexity index is 901. The number of carbonyl (C=O) groups is 1. The molecule has 168 valence electrons. The first-order valence-corrected chi connectivity index (χ1v) is 12.0. The van der Waals surface area contributed by atoms with Crippen LogP contribution < -0.4 is 15.5 Å². The second kappa shape index (κ2) is 10.6. The molecule has 1 aromatic heterocycles. The molecule has 1 saturated carbocycles. The third kappa shape index (κ3) is 5.68. The second-order valence-corrected chi connectivity index (χ2v) is 9.28. The number of rotatable bonds is 7. The smallest absolute Gasteiger partial charge is 0.224 e. The summed E-state index contributed by atoms with van der Waals surface area (Å²) in [5.74, 6) is 1.46. The van der Waals surface area contributed by atoms with Gasteiger partial charge in [-0.2, -0.15) is 0 Å². The van der Waals surface area contributed by atoms with Crippen LogP contribution >= 0.6 is 11.6 Å². The number of fused-ring (bicyclic) bond motifs is 1. The van der Waals surface area contributed by atoms with Crippen molar-refractivity contribution >= 4 is 39.9 Å². The van der Waals surface area contributed by atoms with E-state index in [0.29, 0.717) is 35.6 Å². The van der Waals surface area contributed by atoms with E-state index in [9.17, 15) is 4.79 Å². The fourth-order valence-corrected chi connectivity index (χ4v) is 5.15. The molecule has 1 amide bonds. The maximum Gasteiger partial charge on any atom is 0.224 e. The number of halogens is 1. The molecule has 1 aliphatic carbocycles. The number of hydrogen-bond donors (Lipinski definition) is 3.